The molecule has 2 aliphatic rings. The first-order valence-electron chi connectivity index (χ1n) is 18.3. The lowest BCUT2D eigenvalue weighted by Crippen LogP contribution is -2.48. The Kier molecular flexibility index (Phi) is 12.1. The summed E-state index contributed by atoms with van der Waals surface area (Å²) in [6, 6.07) is 33.6. The molecule has 0 unspecified atom stereocenters. The van der Waals surface area contributed by atoms with Crippen molar-refractivity contribution in [3.8, 4) is 11.1 Å². The summed E-state index contributed by atoms with van der Waals surface area (Å²) in [7, 11) is 0. The molecule has 0 spiro atoms. The monoisotopic (exact) mass is 705 g/mol. The van der Waals surface area contributed by atoms with Crippen LogP contribution in [0.2, 0.25) is 0 Å². The van der Waals surface area contributed by atoms with E-state index in [2.05, 4.69) is 46.7 Å². The number of nitrogens with one attached hydrogen (secondary N) is 2. The van der Waals surface area contributed by atoms with Crippen LogP contribution in [0.5, 0.6) is 0 Å². The average Bonchev–Trinajstić information content (AvgIpc) is 3.62. The second kappa shape index (κ2) is 16.9. The number of amides is 2. The maximum Gasteiger partial charge on any atom is 0.323 e. The third kappa shape index (κ3) is 9.66. The number of urea groups is 1. The molecule has 0 aliphatic carbocycles. The van der Waals surface area contributed by atoms with Gasteiger partial charge in [-0.3, -0.25) is 9.69 Å². The Labute approximate surface area is 307 Å². The molecule has 0 saturated carbocycles. The predicted molar refractivity (Wildman–Crippen MR) is 201 cm³/mol. The van der Waals surface area contributed by atoms with Gasteiger partial charge in [-0.05, 0) is 79.6 Å². The Hall–Kier alpha value is -4.54. The van der Waals surface area contributed by atoms with Crippen LogP contribution in [0.15, 0.2) is 103 Å². The standard InChI is InChI=1S/C43H51N3O6/c1-29-38(27-46-23-9-14-37(46)40(48)52-43(2,3)4)50-41(51-39(29)34-17-15-31(28-47)16-18-34)35-21-19-33(20-22-35)36-13-8-12-32(24-36)26-45-42(49)44-25-30-10-6-5-7-11-30/h5-8,10-13,15-22,24,29,37-39,41,47H,9,14,23,25-28H2,1-4H3,(H2,44,45,49)/t29-,37+,38+,39+,41+/m1/s1. The quantitative estimate of drug-likeness (QED) is 0.139. The van der Waals surface area contributed by atoms with Gasteiger partial charge in [0.1, 0.15) is 11.6 Å². The molecule has 5 atom stereocenters. The number of benzene rings is 4. The van der Waals surface area contributed by atoms with Gasteiger partial charge in [0.05, 0.1) is 18.8 Å². The Bertz CT molecular complexity index is 1770. The molecule has 52 heavy (non-hydrogen) atoms. The van der Waals surface area contributed by atoms with Gasteiger partial charge in [0.2, 0.25) is 0 Å². The molecule has 0 bridgehead atoms. The zero-order valence-corrected chi connectivity index (χ0v) is 30.6. The molecule has 2 fully saturated rings. The maximum atomic E-state index is 13.2. The number of esters is 1. The van der Waals surface area contributed by atoms with Gasteiger partial charge in [-0.2, -0.15) is 0 Å². The van der Waals surface area contributed by atoms with Crippen molar-refractivity contribution < 1.29 is 28.9 Å². The maximum absolute atomic E-state index is 13.2. The fourth-order valence-electron chi connectivity index (χ4n) is 6.96. The van der Waals surface area contributed by atoms with Crippen LogP contribution >= 0.6 is 0 Å². The van der Waals surface area contributed by atoms with Crippen LogP contribution in [-0.4, -0.2) is 52.8 Å². The minimum absolute atomic E-state index is 0.00726. The molecular weight excluding hydrogens is 654 g/mol. The van der Waals surface area contributed by atoms with Crippen molar-refractivity contribution in [2.45, 2.75) is 90.4 Å². The van der Waals surface area contributed by atoms with Gasteiger partial charge in [0.15, 0.2) is 6.29 Å². The molecule has 2 amide bonds. The summed E-state index contributed by atoms with van der Waals surface area (Å²) in [6.07, 6.45) is 0.607. The molecule has 6 rings (SSSR count). The second-order valence-corrected chi connectivity index (χ2v) is 14.9. The largest absolute Gasteiger partial charge is 0.459 e. The summed E-state index contributed by atoms with van der Waals surface area (Å²) >= 11 is 0. The first-order valence-corrected chi connectivity index (χ1v) is 18.3. The smallest absolute Gasteiger partial charge is 0.323 e. The van der Waals surface area contributed by atoms with Crippen molar-refractivity contribution >= 4 is 12.0 Å². The lowest BCUT2D eigenvalue weighted by atomic mass is 9.89. The highest BCUT2D eigenvalue weighted by molar-refractivity contribution is 5.76. The number of aliphatic hydroxyl groups is 1. The molecular formula is C43H51N3O6. The number of aliphatic hydroxyl groups excluding tert-OH is 1. The van der Waals surface area contributed by atoms with Gasteiger partial charge in [0, 0.05) is 31.1 Å². The summed E-state index contributed by atoms with van der Waals surface area (Å²) in [5.74, 6) is -0.189. The van der Waals surface area contributed by atoms with E-state index in [0.717, 1.165) is 58.3 Å². The lowest BCUT2D eigenvalue weighted by molar-refractivity contribution is -0.276. The van der Waals surface area contributed by atoms with E-state index in [1.54, 1.807) is 0 Å². The molecule has 3 N–H and O–H groups in total. The average molecular weight is 706 g/mol. The Balaban J connectivity index is 1.15. The molecule has 4 aromatic rings. The lowest BCUT2D eigenvalue weighted by Gasteiger charge is -2.43. The number of likely N-dealkylation sites (tertiary alicyclic amines) is 1. The first-order chi connectivity index (χ1) is 25.1. The van der Waals surface area contributed by atoms with Gasteiger partial charge in [0.25, 0.3) is 0 Å². The zero-order valence-electron chi connectivity index (χ0n) is 30.6. The topological polar surface area (TPSA) is 109 Å². The van der Waals surface area contributed by atoms with Gasteiger partial charge in [-0.25, -0.2) is 4.79 Å². The molecule has 2 aliphatic heterocycles. The molecule has 0 aromatic heterocycles. The van der Waals surface area contributed by atoms with E-state index in [9.17, 15) is 14.7 Å². The van der Waals surface area contributed by atoms with E-state index in [0.29, 0.717) is 19.6 Å². The van der Waals surface area contributed by atoms with Crippen LogP contribution in [0.1, 0.15) is 80.7 Å². The number of rotatable bonds is 11. The van der Waals surface area contributed by atoms with Crippen molar-refractivity contribution in [2.75, 3.05) is 13.1 Å². The zero-order chi connectivity index (χ0) is 36.7. The molecule has 4 aromatic carbocycles. The summed E-state index contributed by atoms with van der Waals surface area (Å²) < 4.78 is 19.2. The summed E-state index contributed by atoms with van der Waals surface area (Å²) in [6.45, 7) is 10.1. The number of carbonyl (C=O) groups excluding carboxylic acids is 2. The fraction of sp³-hybridized carbons (Fsp3) is 0.395. The van der Waals surface area contributed by atoms with Gasteiger partial charge >= 0.3 is 12.0 Å². The van der Waals surface area contributed by atoms with Gasteiger partial charge < -0.3 is 30.0 Å². The Morgan fingerprint density at radius 3 is 2.17 bits per heavy atom. The first kappa shape index (κ1) is 37.2. The van der Waals surface area contributed by atoms with E-state index < -0.39 is 11.9 Å². The van der Waals surface area contributed by atoms with Crippen molar-refractivity contribution in [3.63, 3.8) is 0 Å². The van der Waals surface area contributed by atoms with Gasteiger partial charge in [-0.15, -0.1) is 0 Å². The number of hydrogen-bond donors (Lipinski definition) is 3. The highest BCUT2D eigenvalue weighted by Crippen LogP contribution is 2.42. The van der Waals surface area contributed by atoms with Crippen LogP contribution in [0.25, 0.3) is 11.1 Å². The molecule has 274 valence electrons. The highest BCUT2D eigenvalue weighted by Gasteiger charge is 2.42. The Morgan fingerprint density at radius 2 is 1.48 bits per heavy atom. The second-order valence-electron chi connectivity index (χ2n) is 14.9. The van der Waals surface area contributed by atoms with E-state index in [4.69, 9.17) is 14.2 Å². The molecule has 0 radical (unpaired) electrons. The Morgan fingerprint density at radius 1 is 0.808 bits per heavy atom. The number of nitrogens with zero attached hydrogens (tertiary/aromatic N) is 1. The minimum atomic E-state index is -0.620. The van der Waals surface area contributed by atoms with E-state index in [-0.39, 0.29) is 42.8 Å². The van der Waals surface area contributed by atoms with Gasteiger partial charge in [-0.1, -0.05) is 104 Å². The van der Waals surface area contributed by atoms with Crippen molar-refractivity contribution in [1.29, 1.82) is 0 Å². The number of hydrogen-bond acceptors (Lipinski definition) is 7. The normalized spacial score (nSPS) is 22.1. The highest BCUT2D eigenvalue weighted by atomic mass is 16.7. The molecule has 2 heterocycles. The third-order valence-electron chi connectivity index (χ3n) is 9.77. The van der Waals surface area contributed by atoms with Crippen molar-refractivity contribution in [3.05, 3.63) is 131 Å². The van der Waals surface area contributed by atoms with E-state index in [1.807, 2.05) is 99.6 Å². The summed E-state index contributed by atoms with van der Waals surface area (Å²) in [5.41, 5.74) is 6.32. The van der Waals surface area contributed by atoms with Crippen LogP contribution in [0.4, 0.5) is 4.79 Å². The van der Waals surface area contributed by atoms with Crippen LogP contribution in [0, 0.1) is 5.92 Å². The van der Waals surface area contributed by atoms with E-state index >= 15 is 0 Å². The van der Waals surface area contributed by atoms with Crippen LogP contribution in [0.3, 0.4) is 0 Å². The number of carbonyl (C=O) groups is 2. The summed E-state index contributed by atoms with van der Waals surface area (Å²) in [5, 5.41) is 15.5. The van der Waals surface area contributed by atoms with Crippen LogP contribution in [-0.2, 0) is 38.7 Å². The predicted octanol–water partition coefficient (Wildman–Crippen LogP) is 7.44. The molecule has 9 heteroatoms. The number of ether oxygens (including phenoxy) is 3. The SMILES string of the molecule is C[C@@H]1[C@H](CN2CCC[C@H]2C(=O)OC(C)(C)C)O[C@H](c2ccc(-c3cccc(CNC(=O)NCc4ccccc4)c3)cc2)O[C@@H]1c1ccc(CO)cc1. The minimum Gasteiger partial charge on any atom is -0.459 e. The summed E-state index contributed by atoms with van der Waals surface area (Å²) in [4.78, 5) is 27.8. The fourth-order valence-corrected chi connectivity index (χ4v) is 6.96. The van der Waals surface area contributed by atoms with E-state index in [1.165, 1.54) is 0 Å². The molecule has 9 nitrogen and oxygen atoms in total. The van der Waals surface area contributed by atoms with Crippen LogP contribution < -0.4 is 10.6 Å². The molecule has 2 saturated heterocycles. The third-order valence-corrected chi connectivity index (χ3v) is 9.77. The van der Waals surface area contributed by atoms with Crippen molar-refractivity contribution in [1.82, 2.24) is 15.5 Å². The van der Waals surface area contributed by atoms with Crippen molar-refractivity contribution in [2.24, 2.45) is 5.92 Å².